The Morgan fingerprint density at radius 1 is 0.408 bits per heavy atom. The first kappa shape index (κ1) is 23.6. The molecule has 0 aliphatic carbocycles. The molecule has 0 fully saturated rings. The number of benzene rings is 7. The smallest absolute Gasteiger partial charge is 0.164 e. The largest absolute Gasteiger partial charge is 0.455 e. The van der Waals surface area contributed by atoms with Crippen molar-refractivity contribution in [3.8, 4) is 67.5 Å². The van der Waals surface area contributed by atoms with E-state index in [1.54, 1.807) is 12.1 Å². The maximum absolute atomic E-state index is 8.67. The Hall–Kier alpha value is -6.65. The summed E-state index contributed by atoms with van der Waals surface area (Å²) in [5, 5.41) is 1.44. The van der Waals surface area contributed by atoms with E-state index in [9.17, 15) is 0 Å². The maximum atomic E-state index is 8.67. The average Bonchev–Trinajstić information content (AvgIpc) is 3.63. The van der Waals surface area contributed by atoms with Crippen LogP contribution in [0.5, 0.6) is 0 Å². The minimum Gasteiger partial charge on any atom is -0.455 e. The fourth-order valence-corrected chi connectivity index (χ4v) is 6.31. The molecule has 0 aliphatic rings. The SMILES string of the molecule is [2H]c1c([2H])c([2H])c(-c2cccc3c2oc2cccc(-c4nc(-c5cccc(-c6ccccc6)c5)nc(-c5cccc(-c6ccccc6)c5)n4)c23)c([2H])c1[2H]. The number of furan rings is 1. The molecule has 0 unspecified atom stereocenters. The van der Waals surface area contributed by atoms with Crippen molar-refractivity contribution < 1.29 is 11.3 Å². The summed E-state index contributed by atoms with van der Waals surface area (Å²) in [7, 11) is 0. The van der Waals surface area contributed by atoms with Gasteiger partial charge >= 0.3 is 0 Å². The van der Waals surface area contributed by atoms with Crippen LogP contribution in [0.1, 0.15) is 6.85 Å². The van der Waals surface area contributed by atoms with Gasteiger partial charge in [0, 0.05) is 33.0 Å². The Morgan fingerprint density at radius 2 is 0.918 bits per heavy atom. The summed E-state index contributed by atoms with van der Waals surface area (Å²) in [6.45, 7) is 0. The molecular weight excluding hydrogens is 599 g/mol. The summed E-state index contributed by atoms with van der Waals surface area (Å²) in [6.07, 6.45) is 0. The molecule has 0 aliphatic heterocycles. The van der Waals surface area contributed by atoms with Crippen molar-refractivity contribution in [2.45, 2.75) is 0 Å². The van der Waals surface area contributed by atoms with Crippen LogP contribution in [-0.4, -0.2) is 15.0 Å². The van der Waals surface area contributed by atoms with Gasteiger partial charge in [-0.15, -0.1) is 0 Å². The normalized spacial score (nSPS) is 12.7. The molecule has 7 aromatic carbocycles. The Bertz CT molecular complexity index is 2760. The molecule has 4 nitrogen and oxygen atoms in total. The molecule has 0 atom stereocenters. The lowest BCUT2D eigenvalue weighted by molar-refractivity contribution is 0.670. The second-order valence-electron chi connectivity index (χ2n) is 11.7. The van der Waals surface area contributed by atoms with E-state index in [1.807, 2.05) is 84.9 Å². The van der Waals surface area contributed by atoms with Crippen molar-refractivity contribution in [1.82, 2.24) is 15.0 Å². The standard InChI is InChI=1S/C45H29N3O/c1-4-14-30(15-5-1)33-20-10-22-35(28-33)43-46-44(36-23-11-21-34(29-36)31-16-6-2-7-17-31)48-45(47-43)39-26-13-27-40-41(39)38-25-12-24-37(42(38)49-40)32-18-8-3-9-19-32/h1-29H/i3D,8D,9D,18D,19D. The van der Waals surface area contributed by atoms with Crippen LogP contribution in [-0.2, 0) is 0 Å². The van der Waals surface area contributed by atoms with Crippen LogP contribution in [0.3, 0.4) is 0 Å². The highest BCUT2D eigenvalue weighted by atomic mass is 16.3. The van der Waals surface area contributed by atoms with Gasteiger partial charge in [-0.2, -0.15) is 0 Å². The lowest BCUT2D eigenvalue weighted by atomic mass is 10.00. The molecule has 49 heavy (non-hydrogen) atoms. The van der Waals surface area contributed by atoms with Crippen molar-refractivity contribution in [2.24, 2.45) is 0 Å². The summed E-state index contributed by atoms with van der Waals surface area (Å²) in [6, 6.07) is 45.9. The van der Waals surface area contributed by atoms with E-state index >= 15 is 0 Å². The van der Waals surface area contributed by atoms with Crippen molar-refractivity contribution in [3.05, 3.63) is 176 Å². The lowest BCUT2D eigenvalue weighted by Crippen LogP contribution is -2.00. The molecule has 0 radical (unpaired) electrons. The fourth-order valence-electron chi connectivity index (χ4n) is 6.31. The number of hydrogen-bond acceptors (Lipinski definition) is 4. The highest BCUT2D eigenvalue weighted by Gasteiger charge is 2.20. The third-order valence-electron chi connectivity index (χ3n) is 8.62. The Balaban J connectivity index is 1.27. The van der Waals surface area contributed by atoms with Gasteiger partial charge in [0.2, 0.25) is 0 Å². The second-order valence-corrected chi connectivity index (χ2v) is 11.7. The van der Waals surface area contributed by atoms with Crippen LogP contribution in [0, 0.1) is 0 Å². The van der Waals surface area contributed by atoms with Gasteiger partial charge in [-0.05, 0) is 46.0 Å². The summed E-state index contributed by atoms with van der Waals surface area (Å²) in [5.74, 6) is 1.44. The van der Waals surface area contributed by atoms with Gasteiger partial charge in [0.25, 0.3) is 0 Å². The summed E-state index contributed by atoms with van der Waals surface area (Å²) < 4.78 is 48.5. The quantitative estimate of drug-likeness (QED) is 0.183. The zero-order chi connectivity index (χ0) is 36.9. The van der Waals surface area contributed by atoms with Gasteiger partial charge in [0.1, 0.15) is 11.2 Å². The second kappa shape index (κ2) is 12.2. The Kier molecular flexibility index (Phi) is 5.87. The van der Waals surface area contributed by atoms with Gasteiger partial charge in [-0.25, -0.2) is 15.0 Å². The molecule has 0 saturated carbocycles. The number of fused-ring (bicyclic) bond motifs is 3. The molecule has 2 heterocycles. The van der Waals surface area contributed by atoms with Crippen molar-refractivity contribution >= 4 is 21.9 Å². The van der Waals surface area contributed by atoms with Crippen molar-refractivity contribution in [3.63, 3.8) is 0 Å². The molecule has 2 aromatic heterocycles. The highest BCUT2D eigenvalue weighted by molar-refractivity contribution is 6.15. The zero-order valence-corrected chi connectivity index (χ0v) is 26.1. The topological polar surface area (TPSA) is 51.8 Å². The van der Waals surface area contributed by atoms with Crippen LogP contribution in [0.4, 0.5) is 0 Å². The summed E-state index contributed by atoms with van der Waals surface area (Å²) in [5.41, 5.74) is 8.00. The molecule has 0 spiro atoms. The number of rotatable bonds is 6. The predicted octanol–water partition coefficient (Wildman–Crippen LogP) is 11.8. The zero-order valence-electron chi connectivity index (χ0n) is 31.1. The van der Waals surface area contributed by atoms with E-state index in [0.29, 0.717) is 45.2 Å². The predicted molar refractivity (Wildman–Crippen MR) is 200 cm³/mol. The molecule has 9 aromatic rings. The molecular formula is C45H29N3O. The third-order valence-corrected chi connectivity index (χ3v) is 8.62. The first-order chi connectivity index (χ1) is 26.4. The maximum Gasteiger partial charge on any atom is 0.164 e. The van der Waals surface area contributed by atoms with E-state index in [2.05, 4.69) is 48.5 Å². The van der Waals surface area contributed by atoms with E-state index in [0.717, 1.165) is 38.8 Å². The molecule has 230 valence electrons. The van der Waals surface area contributed by atoms with Crippen LogP contribution in [0.25, 0.3) is 89.5 Å². The van der Waals surface area contributed by atoms with Gasteiger partial charge < -0.3 is 4.42 Å². The fraction of sp³-hybridized carbons (Fsp3) is 0. The van der Waals surface area contributed by atoms with Gasteiger partial charge in [0.05, 0.1) is 6.85 Å². The minimum absolute atomic E-state index is 0.0773. The summed E-state index contributed by atoms with van der Waals surface area (Å²) in [4.78, 5) is 15.3. The molecule has 9 rings (SSSR count). The number of hydrogen-bond donors (Lipinski definition) is 0. The van der Waals surface area contributed by atoms with Crippen LogP contribution in [0.2, 0.25) is 0 Å². The first-order valence-corrected chi connectivity index (χ1v) is 16.0. The first-order valence-electron chi connectivity index (χ1n) is 18.5. The van der Waals surface area contributed by atoms with Gasteiger partial charge in [-0.3, -0.25) is 0 Å². The third kappa shape index (κ3) is 5.35. The molecule has 4 heteroatoms. The Labute approximate surface area is 291 Å². The highest BCUT2D eigenvalue weighted by Crippen LogP contribution is 2.40. The van der Waals surface area contributed by atoms with Crippen molar-refractivity contribution in [2.75, 3.05) is 0 Å². The molecule has 0 N–H and O–H groups in total. The van der Waals surface area contributed by atoms with Crippen molar-refractivity contribution in [1.29, 1.82) is 0 Å². The van der Waals surface area contributed by atoms with Crippen LogP contribution >= 0.6 is 0 Å². The van der Waals surface area contributed by atoms with E-state index in [-0.39, 0.29) is 17.6 Å². The Morgan fingerprint density at radius 3 is 1.55 bits per heavy atom. The minimum atomic E-state index is -0.446. The molecule has 0 bridgehead atoms. The average molecular weight is 633 g/mol. The van der Waals surface area contributed by atoms with E-state index in [1.165, 1.54) is 0 Å². The van der Waals surface area contributed by atoms with Crippen LogP contribution in [0.15, 0.2) is 180 Å². The van der Waals surface area contributed by atoms with Gasteiger partial charge in [-0.1, -0.05) is 158 Å². The molecule has 0 amide bonds. The molecule has 0 saturated heterocycles. The van der Waals surface area contributed by atoms with Gasteiger partial charge in [0.15, 0.2) is 17.5 Å². The van der Waals surface area contributed by atoms with Crippen LogP contribution < -0.4 is 0 Å². The van der Waals surface area contributed by atoms with E-state index in [4.69, 9.17) is 26.2 Å². The monoisotopic (exact) mass is 632 g/mol. The van der Waals surface area contributed by atoms with E-state index < -0.39 is 18.1 Å². The number of nitrogens with zero attached hydrogens (tertiary/aromatic N) is 3. The number of para-hydroxylation sites is 1. The lowest BCUT2D eigenvalue weighted by Gasteiger charge is -2.11. The number of aromatic nitrogens is 3. The summed E-state index contributed by atoms with van der Waals surface area (Å²) >= 11 is 0.